The van der Waals surface area contributed by atoms with Crippen LogP contribution in [0.15, 0.2) is 78.9 Å². The topological polar surface area (TPSA) is 30.7 Å². The number of pyridine rings is 1. The fourth-order valence-electron chi connectivity index (χ4n) is 3.71. The van der Waals surface area contributed by atoms with E-state index >= 15 is 0 Å². The lowest BCUT2D eigenvalue weighted by atomic mass is 9.96. The second kappa shape index (κ2) is 6.06. The molecule has 2 aromatic heterocycles. The van der Waals surface area contributed by atoms with Crippen molar-refractivity contribution >= 4 is 21.9 Å². The second-order valence-electron chi connectivity index (χ2n) is 6.90. The summed E-state index contributed by atoms with van der Waals surface area (Å²) < 4.78 is 1.95. The molecule has 0 fully saturated rings. The Labute approximate surface area is 157 Å². The van der Waals surface area contributed by atoms with E-state index in [4.69, 9.17) is 10.1 Å². The first kappa shape index (κ1) is 15.8. The Kier molecular flexibility index (Phi) is 3.54. The Balaban J connectivity index is 1.94. The van der Waals surface area contributed by atoms with Gasteiger partial charge < -0.3 is 0 Å². The lowest BCUT2D eigenvalue weighted by Gasteiger charge is -2.10. The van der Waals surface area contributed by atoms with Crippen molar-refractivity contribution in [2.24, 2.45) is 0 Å². The van der Waals surface area contributed by atoms with E-state index in [1.165, 1.54) is 16.7 Å². The van der Waals surface area contributed by atoms with Gasteiger partial charge in [-0.05, 0) is 37.6 Å². The monoisotopic (exact) mass is 349 g/mol. The Morgan fingerprint density at radius 2 is 1.44 bits per heavy atom. The van der Waals surface area contributed by atoms with Crippen LogP contribution in [0.2, 0.25) is 0 Å². The molecule has 3 nitrogen and oxygen atoms in total. The van der Waals surface area contributed by atoms with E-state index in [9.17, 15) is 0 Å². The highest BCUT2D eigenvalue weighted by Gasteiger charge is 2.18. The summed E-state index contributed by atoms with van der Waals surface area (Å²) in [4.78, 5) is 4.98. The Morgan fingerprint density at radius 3 is 2.22 bits per heavy atom. The summed E-state index contributed by atoms with van der Waals surface area (Å²) in [7, 11) is 0. The van der Waals surface area contributed by atoms with E-state index in [0.717, 1.165) is 33.3 Å². The second-order valence-corrected chi connectivity index (χ2v) is 6.90. The van der Waals surface area contributed by atoms with Gasteiger partial charge in [0, 0.05) is 10.9 Å². The molecule has 3 aromatic carbocycles. The third-order valence-corrected chi connectivity index (χ3v) is 5.03. The number of aryl methyl sites for hydroxylation is 2. The molecule has 5 aromatic rings. The summed E-state index contributed by atoms with van der Waals surface area (Å²) in [5, 5.41) is 7.11. The van der Waals surface area contributed by atoms with E-state index in [1.54, 1.807) is 0 Å². The number of hydrogen-bond acceptors (Lipinski definition) is 2. The van der Waals surface area contributed by atoms with Gasteiger partial charge >= 0.3 is 0 Å². The molecule has 2 heterocycles. The number of nitrogens with zero attached hydrogens (tertiary/aromatic N) is 3. The standard InChI is InChI=1S/C24H19N3/c1-16-12-14-18(15-13-16)23-20-10-6-7-11-21(20)25-24-22(23)17(2)26-27(24)19-8-4-3-5-9-19/h3-15H,1-2H3. The van der Waals surface area contributed by atoms with Crippen LogP contribution < -0.4 is 0 Å². The number of fused-ring (bicyclic) bond motifs is 2. The predicted octanol–water partition coefficient (Wildman–Crippen LogP) is 5.86. The highest BCUT2D eigenvalue weighted by atomic mass is 15.3. The van der Waals surface area contributed by atoms with Gasteiger partial charge in [0.05, 0.1) is 22.3 Å². The maximum atomic E-state index is 4.98. The molecule has 0 spiro atoms. The molecule has 130 valence electrons. The molecule has 0 aliphatic heterocycles. The van der Waals surface area contributed by atoms with Crippen molar-refractivity contribution in [1.29, 1.82) is 0 Å². The van der Waals surface area contributed by atoms with Crippen molar-refractivity contribution in [1.82, 2.24) is 14.8 Å². The number of rotatable bonds is 2. The lowest BCUT2D eigenvalue weighted by Crippen LogP contribution is -1.98. The molecule has 0 bridgehead atoms. The molecule has 27 heavy (non-hydrogen) atoms. The highest BCUT2D eigenvalue weighted by molar-refractivity contribution is 6.09. The van der Waals surface area contributed by atoms with Crippen molar-refractivity contribution in [3.63, 3.8) is 0 Å². The Hall–Kier alpha value is -3.46. The average Bonchev–Trinajstić information content (AvgIpc) is 3.04. The minimum atomic E-state index is 0.896. The fourth-order valence-corrected chi connectivity index (χ4v) is 3.71. The molecular formula is C24H19N3. The molecule has 0 radical (unpaired) electrons. The quantitative estimate of drug-likeness (QED) is 0.400. The van der Waals surface area contributed by atoms with Gasteiger partial charge in [-0.15, -0.1) is 0 Å². The van der Waals surface area contributed by atoms with Gasteiger partial charge in [0.2, 0.25) is 0 Å². The van der Waals surface area contributed by atoms with Crippen molar-refractivity contribution in [3.05, 3.63) is 90.1 Å². The number of para-hydroxylation sites is 2. The van der Waals surface area contributed by atoms with Gasteiger partial charge in [-0.1, -0.05) is 66.2 Å². The van der Waals surface area contributed by atoms with Gasteiger partial charge in [-0.25, -0.2) is 9.67 Å². The van der Waals surface area contributed by atoms with Crippen LogP contribution in [0.5, 0.6) is 0 Å². The van der Waals surface area contributed by atoms with Crippen LogP contribution >= 0.6 is 0 Å². The summed E-state index contributed by atoms with van der Waals surface area (Å²) in [6, 6.07) is 27.2. The molecule has 3 heteroatoms. The van der Waals surface area contributed by atoms with Crippen molar-refractivity contribution < 1.29 is 0 Å². The molecule has 0 aliphatic carbocycles. The molecule has 0 atom stereocenters. The number of benzene rings is 3. The third kappa shape index (κ3) is 2.51. The number of hydrogen-bond donors (Lipinski definition) is 0. The van der Waals surface area contributed by atoms with Gasteiger partial charge in [0.1, 0.15) is 0 Å². The van der Waals surface area contributed by atoms with Crippen LogP contribution in [0.4, 0.5) is 0 Å². The molecular weight excluding hydrogens is 330 g/mol. The summed E-state index contributed by atoms with van der Waals surface area (Å²) in [6.07, 6.45) is 0. The first-order chi connectivity index (χ1) is 13.2. The van der Waals surface area contributed by atoms with E-state index in [2.05, 4.69) is 68.4 Å². The zero-order chi connectivity index (χ0) is 18.4. The zero-order valence-electron chi connectivity index (χ0n) is 15.3. The summed E-state index contributed by atoms with van der Waals surface area (Å²) in [5.74, 6) is 0. The third-order valence-electron chi connectivity index (χ3n) is 5.03. The van der Waals surface area contributed by atoms with E-state index in [1.807, 2.05) is 28.9 Å². The fraction of sp³-hybridized carbons (Fsp3) is 0.0833. The zero-order valence-corrected chi connectivity index (χ0v) is 15.3. The molecule has 5 rings (SSSR count). The predicted molar refractivity (Wildman–Crippen MR) is 111 cm³/mol. The molecule has 0 saturated carbocycles. The normalized spacial score (nSPS) is 11.3. The van der Waals surface area contributed by atoms with Crippen LogP contribution in [0.25, 0.3) is 38.8 Å². The summed E-state index contributed by atoms with van der Waals surface area (Å²) in [5.41, 5.74) is 7.54. The minimum Gasteiger partial charge on any atom is -0.228 e. The van der Waals surface area contributed by atoms with Crippen LogP contribution in [0.1, 0.15) is 11.3 Å². The molecule has 0 aliphatic rings. The SMILES string of the molecule is Cc1ccc(-c2c3ccccc3nc3c2c(C)nn3-c2ccccc2)cc1. The average molecular weight is 349 g/mol. The Bertz CT molecular complexity index is 1270. The molecule has 0 unspecified atom stereocenters. The number of aromatic nitrogens is 3. The maximum absolute atomic E-state index is 4.98. The van der Waals surface area contributed by atoms with Crippen molar-refractivity contribution in [2.75, 3.05) is 0 Å². The van der Waals surface area contributed by atoms with Crippen LogP contribution in [0, 0.1) is 13.8 Å². The van der Waals surface area contributed by atoms with Gasteiger partial charge in [0.25, 0.3) is 0 Å². The lowest BCUT2D eigenvalue weighted by molar-refractivity contribution is 0.879. The van der Waals surface area contributed by atoms with E-state index in [-0.39, 0.29) is 0 Å². The van der Waals surface area contributed by atoms with E-state index in [0.29, 0.717) is 0 Å². The highest BCUT2D eigenvalue weighted by Crippen LogP contribution is 2.37. The van der Waals surface area contributed by atoms with Crippen molar-refractivity contribution in [3.8, 4) is 16.8 Å². The van der Waals surface area contributed by atoms with Crippen molar-refractivity contribution in [2.45, 2.75) is 13.8 Å². The largest absolute Gasteiger partial charge is 0.228 e. The molecule has 0 amide bonds. The first-order valence-corrected chi connectivity index (χ1v) is 9.13. The van der Waals surface area contributed by atoms with Gasteiger partial charge in [-0.2, -0.15) is 5.10 Å². The van der Waals surface area contributed by atoms with Gasteiger partial charge in [-0.3, -0.25) is 0 Å². The first-order valence-electron chi connectivity index (χ1n) is 9.13. The molecule has 0 N–H and O–H groups in total. The van der Waals surface area contributed by atoms with Crippen LogP contribution in [-0.4, -0.2) is 14.8 Å². The van der Waals surface area contributed by atoms with Crippen LogP contribution in [-0.2, 0) is 0 Å². The summed E-state index contributed by atoms with van der Waals surface area (Å²) in [6.45, 7) is 4.18. The van der Waals surface area contributed by atoms with Crippen LogP contribution in [0.3, 0.4) is 0 Å². The molecule has 0 saturated heterocycles. The summed E-state index contributed by atoms with van der Waals surface area (Å²) >= 11 is 0. The van der Waals surface area contributed by atoms with E-state index < -0.39 is 0 Å². The smallest absolute Gasteiger partial charge is 0.164 e. The minimum absolute atomic E-state index is 0.896. The maximum Gasteiger partial charge on any atom is 0.164 e. The Morgan fingerprint density at radius 1 is 0.741 bits per heavy atom. The van der Waals surface area contributed by atoms with Gasteiger partial charge in [0.15, 0.2) is 5.65 Å².